The molecule has 2 rings (SSSR count). The van der Waals surface area contributed by atoms with Gasteiger partial charge in [0.1, 0.15) is 5.82 Å². The Morgan fingerprint density at radius 3 is 2.76 bits per heavy atom. The minimum Gasteiger partial charge on any atom is -0.433 e. The zero-order valence-electron chi connectivity index (χ0n) is 11.2. The Labute approximate surface area is 119 Å². The number of anilines is 1. The van der Waals surface area contributed by atoms with Gasteiger partial charge in [-0.1, -0.05) is 0 Å². The maximum Gasteiger partial charge on any atom is 0.387 e. The summed E-state index contributed by atoms with van der Waals surface area (Å²) in [6.45, 7) is -1.23. The number of nitrogens with one attached hydrogen (secondary N) is 1. The third-order valence-corrected chi connectivity index (χ3v) is 2.95. The number of carbonyl (C=O) groups is 1. The number of hydrogen-bond acceptors (Lipinski definition) is 4. The highest BCUT2D eigenvalue weighted by Gasteiger charge is 2.17. The van der Waals surface area contributed by atoms with Crippen molar-refractivity contribution in [1.29, 1.82) is 0 Å². The zero-order chi connectivity index (χ0) is 15.2. The summed E-state index contributed by atoms with van der Waals surface area (Å²) >= 11 is 0. The molecule has 1 heterocycles. The second-order valence-corrected chi connectivity index (χ2v) is 4.37. The Morgan fingerprint density at radius 1 is 1.38 bits per heavy atom. The summed E-state index contributed by atoms with van der Waals surface area (Å²) in [5.74, 6) is -1.22. The molecule has 1 aromatic rings. The summed E-state index contributed by atoms with van der Waals surface area (Å²) < 4.78 is 46.9. The van der Waals surface area contributed by atoms with Crippen LogP contribution in [0.4, 0.5) is 18.9 Å². The second-order valence-electron chi connectivity index (χ2n) is 4.37. The smallest absolute Gasteiger partial charge is 0.387 e. The van der Waals surface area contributed by atoms with Crippen LogP contribution in [0.1, 0.15) is 0 Å². The number of carbonyl (C=O) groups excluding carboxylic acids is 1. The molecule has 0 atom stereocenters. The molecule has 21 heavy (non-hydrogen) atoms. The zero-order valence-corrected chi connectivity index (χ0v) is 11.2. The number of halogens is 3. The van der Waals surface area contributed by atoms with Crippen LogP contribution in [0.2, 0.25) is 0 Å². The number of amides is 1. The van der Waals surface area contributed by atoms with Gasteiger partial charge in [0.25, 0.3) is 0 Å². The van der Waals surface area contributed by atoms with Crippen LogP contribution >= 0.6 is 0 Å². The van der Waals surface area contributed by atoms with Crippen molar-refractivity contribution in [1.82, 2.24) is 4.90 Å². The van der Waals surface area contributed by atoms with E-state index in [1.165, 1.54) is 6.07 Å². The molecule has 0 unspecified atom stereocenters. The van der Waals surface area contributed by atoms with E-state index >= 15 is 0 Å². The summed E-state index contributed by atoms with van der Waals surface area (Å²) in [7, 11) is 0. The Morgan fingerprint density at radius 2 is 2.10 bits per heavy atom. The van der Waals surface area contributed by atoms with Crippen LogP contribution < -0.4 is 10.1 Å². The Balaban J connectivity index is 1.97. The van der Waals surface area contributed by atoms with Crippen molar-refractivity contribution in [2.45, 2.75) is 6.61 Å². The monoisotopic (exact) mass is 304 g/mol. The summed E-state index contributed by atoms with van der Waals surface area (Å²) in [5.41, 5.74) is 0.137. The van der Waals surface area contributed by atoms with Crippen LogP contribution in [-0.2, 0) is 9.53 Å². The van der Waals surface area contributed by atoms with Gasteiger partial charge in [0.15, 0.2) is 5.75 Å². The lowest BCUT2D eigenvalue weighted by Gasteiger charge is -2.27. The third-order valence-electron chi connectivity index (χ3n) is 2.95. The number of nitrogens with zero attached hydrogens (tertiary/aromatic N) is 1. The number of morpholine rings is 1. The maximum absolute atomic E-state index is 13.0. The molecular weight excluding hydrogens is 289 g/mol. The van der Waals surface area contributed by atoms with E-state index < -0.39 is 12.4 Å². The van der Waals surface area contributed by atoms with E-state index in [-0.39, 0.29) is 23.9 Å². The molecule has 5 nitrogen and oxygen atoms in total. The molecule has 1 aliphatic heterocycles. The number of ether oxygens (including phenoxy) is 2. The first-order valence-corrected chi connectivity index (χ1v) is 6.40. The van der Waals surface area contributed by atoms with Gasteiger partial charge in [0.2, 0.25) is 5.91 Å². The van der Waals surface area contributed by atoms with E-state index in [1.807, 2.05) is 0 Å². The number of alkyl halides is 2. The van der Waals surface area contributed by atoms with E-state index in [0.717, 1.165) is 12.1 Å². The van der Waals surface area contributed by atoms with Crippen molar-refractivity contribution in [2.75, 3.05) is 38.2 Å². The lowest BCUT2D eigenvalue weighted by Crippen LogP contribution is -2.43. The Bertz CT molecular complexity index is 494. The van der Waals surface area contributed by atoms with Crippen molar-refractivity contribution in [3.05, 3.63) is 24.0 Å². The fourth-order valence-electron chi connectivity index (χ4n) is 1.93. The molecule has 0 aromatic heterocycles. The quantitative estimate of drug-likeness (QED) is 0.899. The minimum absolute atomic E-state index is 0.0920. The number of hydrogen-bond donors (Lipinski definition) is 1. The lowest BCUT2D eigenvalue weighted by atomic mass is 10.2. The fourth-order valence-corrected chi connectivity index (χ4v) is 1.93. The summed E-state index contributed by atoms with van der Waals surface area (Å²) in [5, 5.41) is 2.69. The van der Waals surface area contributed by atoms with Crippen molar-refractivity contribution in [2.24, 2.45) is 0 Å². The molecule has 1 N–H and O–H groups in total. The molecule has 1 aliphatic rings. The first kappa shape index (κ1) is 15.4. The standard InChI is InChI=1S/C13H15F3N2O3/c14-9-1-2-10(11(7-9)21-13(15)16)17-8-12(19)18-3-5-20-6-4-18/h1-2,7,13,17H,3-6,8H2. The van der Waals surface area contributed by atoms with Gasteiger partial charge in [0, 0.05) is 19.2 Å². The molecule has 1 saturated heterocycles. The second kappa shape index (κ2) is 7.16. The SMILES string of the molecule is O=C(CNc1ccc(F)cc1OC(F)F)N1CCOCC1. The largest absolute Gasteiger partial charge is 0.433 e. The van der Waals surface area contributed by atoms with Crippen LogP contribution in [0.5, 0.6) is 5.75 Å². The van der Waals surface area contributed by atoms with E-state index in [4.69, 9.17) is 4.74 Å². The predicted octanol–water partition coefficient (Wildman–Crippen LogP) is 1.70. The first-order valence-electron chi connectivity index (χ1n) is 6.40. The predicted molar refractivity (Wildman–Crippen MR) is 68.9 cm³/mol. The average Bonchev–Trinajstić information content (AvgIpc) is 2.46. The number of rotatable bonds is 5. The molecule has 0 aliphatic carbocycles. The van der Waals surface area contributed by atoms with Crippen molar-refractivity contribution >= 4 is 11.6 Å². The van der Waals surface area contributed by atoms with Gasteiger partial charge in [-0.05, 0) is 12.1 Å². The minimum atomic E-state index is -3.07. The first-order chi connectivity index (χ1) is 10.1. The van der Waals surface area contributed by atoms with Crippen LogP contribution in [0, 0.1) is 5.82 Å². The van der Waals surface area contributed by atoms with Gasteiger partial charge in [-0.2, -0.15) is 8.78 Å². The highest BCUT2D eigenvalue weighted by molar-refractivity contribution is 5.81. The molecule has 1 amide bonds. The van der Waals surface area contributed by atoms with Crippen LogP contribution in [0.3, 0.4) is 0 Å². The van der Waals surface area contributed by atoms with Gasteiger partial charge < -0.3 is 19.7 Å². The van der Waals surface area contributed by atoms with Gasteiger partial charge in [-0.3, -0.25) is 4.79 Å². The van der Waals surface area contributed by atoms with Gasteiger partial charge in [-0.15, -0.1) is 0 Å². The molecule has 1 fully saturated rings. The average molecular weight is 304 g/mol. The highest BCUT2D eigenvalue weighted by atomic mass is 19.3. The molecule has 116 valence electrons. The van der Waals surface area contributed by atoms with Gasteiger partial charge >= 0.3 is 6.61 Å². The summed E-state index contributed by atoms with van der Waals surface area (Å²) in [6, 6.07) is 3.19. The summed E-state index contributed by atoms with van der Waals surface area (Å²) in [6.07, 6.45) is 0. The van der Waals surface area contributed by atoms with Gasteiger partial charge in [-0.25, -0.2) is 4.39 Å². The van der Waals surface area contributed by atoms with E-state index in [0.29, 0.717) is 26.3 Å². The van der Waals surface area contributed by atoms with E-state index in [2.05, 4.69) is 10.1 Å². The van der Waals surface area contributed by atoms with Crippen LogP contribution in [-0.4, -0.2) is 50.3 Å². The molecule has 8 heteroatoms. The topological polar surface area (TPSA) is 50.8 Å². The highest BCUT2D eigenvalue weighted by Crippen LogP contribution is 2.26. The maximum atomic E-state index is 13.0. The van der Waals surface area contributed by atoms with Crippen molar-refractivity contribution in [3.8, 4) is 5.75 Å². The lowest BCUT2D eigenvalue weighted by molar-refractivity contribution is -0.133. The molecule has 0 bridgehead atoms. The molecular formula is C13H15F3N2O3. The molecule has 0 spiro atoms. The molecule has 0 radical (unpaired) electrons. The van der Waals surface area contributed by atoms with E-state index in [1.54, 1.807) is 4.90 Å². The number of benzene rings is 1. The summed E-state index contributed by atoms with van der Waals surface area (Å²) in [4.78, 5) is 13.5. The van der Waals surface area contributed by atoms with E-state index in [9.17, 15) is 18.0 Å². The Kier molecular flexibility index (Phi) is 5.26. The van der Waals surface area contributed by atoms with Crippen LogP contribution in [0.25, 0.3) is 0 Å². The third kappa shape index (κ3) is 4.52. The van der Waals surface area contributed by atoms with Crippen molar-refractivity contribution < 1.29 is 27.4 Å². The fraction of sp³-hybridized carbons (Fsp3) is 0.462. The van der Waals surface area contributed by atoms with Gasteiger partial charge in [0.05, 0.1) is 25.4 Å². The van der Waals surface area contributed by atoms with Crippen molar-refractivity contribution in [3.63, 3.8) is 0 Å². The molecule has 1 aromatic carbocycles. The van der Waals surface area contributed by atoms with Crippen LogP contribution in [0.15, 0.2) is 18.2 Å². The molecule has 0 saturated carbocycles. The normalized spacial score (nSPS) is 15.1. The Hall–Kier alpha value is -1.96.